The molecule has 0 saturated carbocycles. The zero-order chi connectivity index (χ0) is 10.4. The normalized spacial score (nSPS) is 11.3. The van der Waals surface area contributed by atoms with Crippen LogP contribution in [0.2, 0.25) is 5.02 Å². The quantitative estimate of drug-likeness (QED) is 0.555. The Labute approximate surface area is 91.6 Å². The van der Waals surface area contributed by atoms with E-state index >= 15 is 0 Å². The van der Waals surface area contributed by atoms with Gasteiger partial charge in [0.1, 0.15) is 0 Å². The molecule has 0 fully saturated rings. The van der Waals surface area contributed by atoms with Gasteiger partial charge in [0.15, 0.2) is 0 Å². The number of benzene rings is 2. The third-order valence-electron chi connectivity index (χ3n) is 2.61. The van der Waals surface area contributed by atoms with E-state index in [4.69, 9.17) is 17.3 Å². The van der Waals surface area contributed by atoms with E-state index in [0.717, 1.165) is 32.5 Å². The molecule has 0 spiro atoms. The lowest BCUT2D eigenvalue weighted by molar-refractivity contribution is 1.54. The van der Waals surface area contributed by atoms with Gasteiger partial charge >= 0.3 is 0 Å². The molecule has 0 aliphatic rings. The van der Waals surface area contributed by atoms with Crippen LogP contribution in [0.5, 0.6) is 0 Å². The molecule has 0 atom stereocenters. The first kappa shape index (κ1) is 8.62. The molecule has 0 aliphatic heterocycles. The van der Waals surface area contributed by atoms with E-state index in [0.29, 0.717) is 0 Å². The number of hydrogen-bond acceptors (Lipinski definition) is 1. The van der Waals surface area contributed by atoms with E-state index in [9.17, 15) is 0 Å². The second-order valence-electron chi connectivity index (χ2n) is 3.59. The van der Waals surface area contributed by atoms with E-state index in [-0.39, 0.29) is 0 Å². The van der Waals surface area contributed by atoms with E-state index in [2.05, 4.69) is 4.98 Å². The minimum Gasteiger partial charge on any atom is -0.399 e. The van der Waals surface area contributed by atoms with Gasteiger partial charge in [-0.25, -0.2) is 0 Å². The zero-order valence-corrected chi connectivity index (χ0v) is 8.68. The lowest BCUT2D eigenvalue weighted by atomic mass is 10.1. The number of H-pyrrole nitrogens is 1. The van der Waals surface area contributed by atoms with Gasteiger partial charge < -0.3 is 10.7 Å². The summed E-state index contributed by atoms with van der Waals surface area (Å²) < 4.78 is 0. The summed E-state index contributed by atoms with van der Waals surface area (Å²) in [6.07, 6.45) is 0. The highest BCUT2D eigenvalue weighted by molar-refractivity contribution is 6.36. The van der Waals surface area contributed by atoms with Crippen molar-refractivity contribution in [1.29, 1.82) is 0 Å². The summed E-state index contributed by atoms with van der Waals surface area (Å²) >= 11 is 6.11. The molecule has 3 N–H and O–H groups in total. The molecule has 0 aliphatic carbocycles. The largest absolute Gasteiger partial charge is 0.399 e. The Morgan fingerprint density at radius 2 is 1.93 bits per heavy atom. The molecule has 74 valence electrons. The third-order valence-corrected chi connectivity index (χ3v) is 2.92. The van der Waals surface area contributed by atoms with Crippen molar-refractivity contribution < 1.29 is 0 Å². The van der Waals surface area contributed by atoms with Crippen molar-refractivity contribution in [2.75, 3.05) is 5.73 Å². The highest BCUT2D eigenvalue weighted by Crippen LogP contribution is 2.30. The van der Waals surface area contributed by atoms with Crippen molar-refractivity contribution in [3.05, 3.63) is 41.4 Å². The maximum Gasteiger partial charge on any atom is 0.0654 e. The summed E-state index contributed by atoms with van der Waals surface area (Å²) in [6.45, 7) is 0. The number of hydrogen-bond donors (Lipinski definition) is 2. The summed E-state index contributed by atoms with van der Waals surface area (Å²) in [5.41, 5.74) is 8.57. The van der Waals surface area contributed by atoms with Crippen LogP contribution in [0.25, 0.3) is 21.8 Å². The second kappa shape index (κ2) is 2.91. The Balaban J connectivity index is 2.58. The number of para-hydroxylation sites is 1. The maximum absolute atomic E-state index is 6.11. The molecular formula is C12H9ClN2. The van der Waals surface area contributed by atoms with Crippen LogP contribution in [-0.2, 0) is 0 Å². The predicted octanol–water partition coefficient (Wildman–Crippen LogP) is 3.56. The third kappa shape index (κ3) is 1.18. The Bertz CT molecular complexity index is 655. The fraction of sp³-hybridized carbons (Fsp3) is 0. The van der Waals surface area contributed by atoms with E-state index < -0.39 is 0 Å². The first-order chi connectivity index (χ1) is 7.25. The molecule has 0 amide bonds. The monoisotopic (exact) mass is 216 g/mol. The number of rotatable bonds is 0. The van der Waals surface area contributed by atoms with Gasteiger partial charge in [0.05, 0.1) is 10.5 Å². The number of aromatic nitrogens is 1. The standard InChI is InChI=1S/C12H9ClN2/c13-10-3-1-2-8-9-6-7(14)4-5-11(9)15-12(8)10/h1-6,15H,14H2. The van der Waals surface area contributed by atoms with Crippen LogP contribution in [0, 0.1) is 0 Å². The van der Waals surface area contributed by atoms with Crippen molar-refractivity contribution >= 4 is 39.1 Å². The van der Waals surface area contributed by atoms with Crippen molar-refractivity contribution in [2.24, 2.45) is 0 Å². The maximum atomic E-state index is 6.11. The zero-order valence-electron chi connectivity index (χ0n) is 7.92. The molecule has 0 bridgehead atoms. The molecule has 0 radical (unpaired) electrons. The summed E-state index contributed by atoms with van der Waals surface area (Å²) in [5, 5.41) is 2.97. The minimum atomic E-state index is 0.738. The topological polar surface area (TPSA) is 41.8 Å². The predicted molar refractivity (Wildman–Crippen MR) is 65.2 cm³/mol. The van der Waals surface area contributed by atoms with Gasteiger partial charge in [-0.1, -0.05) is 23.7 Å². The number of fused-ring (bicyclic) bond motifs is 3. The van der Waals surface area contributed by atoms with Gasteiger partial charge in [-0.2, -0.15) is 0 Å². The highest BCUT2D eigenvalue weighted by Gasteiger charge is 2.06. The molecule has 2 aromatic carbocycles. The molecule has 0 unspecified atom stereocenters. The lowest BCUT2D eigenvalue weighted by Crippen LogP contribution is -1.81. The summed E-state index contributed by atoms with van der Waals surface area (Å²) in [7, 11) is 0. The fourth-order valence-corrected chi connectivity index (χ4v) is 2.13. The van der Waals surface area contributed by atoms with Gasteiger partial charge in [0.2, 0.25) is 0 Å². The van der Waals surface area contributed by atoms with Crippen LogP contribution in [0.15, 0.2) is 36.4 Å². The lowest BCUT2D eigenvalue weighted by Gasteiger charge is -1.93. The van der Waals surface area contributed by atoms with E-state index in [1.54, 1.807) is 0 Å². The minimum absolute atomic E-state index is 0.738. The molecule has 1 aromatic heterocycles. The van der Waals surface area contributed by atoms with Gasteiger partial charge in [-0.15, -0.1) is 0 Å². The van der Waals surface area contributed by atoms with Crippen LogP contribution in [0.1, 0.15) is 0 Å². The van der Waals surface area contributed by atoms with Gasteiger partial charge in [0.25, 0.3) is 0 Å². The van der Waals surface area contributed by atoms with E-state index in [1.807, 2.05) is 36.4 Å². The summed E-state index contributed by atoms with van der Waals surface area (Å²) in [4.78, 5) is 3.29. The first-order valence-electron chi connectivity index (χ1n) is 4.71. The highest BCUT2D eigenvalue weighted by atomic mass is 35.5. The Kier molecular flexibility index (Phi) is 1.67. The molecule has 2 nitrogen and oxygen atoms in total. The van der Waals surface area contributed by atoms with Crippen LogP contribution in [-0.4, -0.2) is 4.98 Å². The van der Waals surface area contributed by atoms with Crippen molar-refractivity contribution in [1.82, 2.24) is 4.98 Å². The average molecular weight is 217 g/mol. The number of nitrogens with one attached hydrogen (secondary N) is 1. The number of halogens is 1. The average Bonchev–Trinajstić information content (AvgIpc) is 2.58. The molecule has 3 rings (SSSR count). The van der Waals surface area contributed by atoms with E-state index in [1.165, 1.54) is 0 Å². The Hall–Kier alpha value is -1.67. The SMILES string of the molecule is Nc1ccc2[nH]c3c(Cl)cccc3c2c1. The first-order valence-corrected chi connectivity index (χ1v) is 5.09. The Morgan fingerprint density at radius 1 is 1.07 bits per heavy atom. The van der Waals surface area contributed by atoms with Gasteiger partial charge in [0, 0.05) is 22.0 Å². The Morgan fingerprint density at radius 3 is 2.80 bits per heavy atom. The number of nitrogens with two attached hydrogens (primary N) is 1. The number of nitrogen functional groups attached to an aromatic ring is 1. The summed E-state index contributed by atoms with van der Waals surface area (Å²) in [5.74, 6) is 0. The van der Waals surface area contributed by atoms with Gasteiger partial charge in [-0.3, -0.25) is 0 Å². The molecule has 15 heavy (non-hydrogen) atoms. The smallest absolute Gasteiger partial charge is 0.0654 e. The summed E-state index contributed by atoms with van der Waals surface area (Å²) in [6, 6.07) is 11.7. The molecule has 0 saturated heterocycles. The second-order valence-corrected chi connectivity index (χ2v) is 4.00. The fourth-order valence-electron chi connectivity index (χ4n) is 1.90. The van der Waals surface area contributed by atoms with Crippen molar-refractivity contribution in [3.8, 4) is 0 Å². The number of aromatic amines is 1. The molecule has 3 aromatic rings. The number of anilines is 1. The van der Waals surface area contributed by atoms with Crippen molar-refractivity contribution in [2.45, 2.75) is 0 Å². The molecule has 3 heteroatoms. The van der Waals surface area contributed by atoms with Crippen LogP contribution in [0.3, 0.4) is 0 Å². The molecular weight excluding hydrogens is 208 g/mol. The van der Waals surface area contributed by atoms with Gasteiger partial charge in [-0.05, 0) is 24.3 Å². The molecule has 1 heterocycles. The van der Waals surface area contributed by atoms with Crippen LogP contribution >= 0.6 is 11.6 Å². The van der Waals surface area contributed by atoms with Crippen LogP contribution < -0.4 is 5.73 Å². The van der Waals surface area contributed by atoms with Crippen molar-refractivity contribution in [3.63, 3.8) is 0 Å². The van der Waals surface area contributed by atoms with Crippen LogP contribution in [0.4, 0.5) is 5.69 Å².